The van der Waals surface area contributed by atoms with Crippen molar-refractivity contribution in [3.8, 4) is 0 Å². The number of ether oxygens (including phenoxy) is 1. The zero-order valence-corrected chi connectivity index (χ0v) is 8.17. The van der Waals surface area contributed by atoms with Gasteiger partial charge in [0.05, 0.1) is 6.61 Å². The van der Waals surface area contributed by atoms with E-state index in [4.69, 9.17) is 0 Å². The Morgan fingerprint density at radius 3 is 2.31 bits per heavy atom. The fraction of sp³-hybridized carbons (Fsp3) is 0.778. The lowest BCUT2D eigenvalue weighted by molar-refractivity contribution is -0.154. The number of alkyl halides is 1. The van der Waals surface area contributed by atoms with E-state index >= 15 is 0 Å². The summed E-state index contributed by atoms with van der Waals surface area (Å²) in [6, 6.07) is 0. The van der Waals surface area contributed by atoms with Crippen LogP contribution in [-0.2, 0) is 14.3 Å². The van der Waals surface area contributed by atoms with Crippen molar-refractivity contribution in [2.24, 2.45) is 5.92 Å². The van der Waals surface area contributed by atoms with E-state index in [-0.39, 0.29) is 6.61 Å². The topological polar surface area (TPSA) is 43.4 Å². The summed E-state index contributed by atoms with van der Waals surface area (Å²) in [5.74, 6) is -2.27. The second-order valence-electron chi connectivity index (χ2n) is 3.09. The first-order chi connectivity index (χ1) is 6.00. The summed E-state index contributed by atoms with van der Waals surface area (Å²) in [5.41, 5.74) is 0. The number of Topliss-reactive ketones (excluding diaryl/α,β-unsaturated/α-hetero) is 1. The predicted molar refractivity (Wildman–Crippen MR) is 46.0 cm³/mol. The van der Waals surface area contributed by atoms with E-state index in [1.807, 2.05) is 0 Å². The number of hydrogen-bond acceptors (Lipinski definition) is 3. The molecular weight excluding hydrogens is 175 g/mol. The van der Waals surface area contributed by atoms with E-state index < -0.39 is 23.8 Å². The molecule has 4 heteroatoms. The molecule has 0 fully saturated rings. The second kappa shape index (κ2) is 5.67. The Labute approximate surface area is 77.3 Å². The van der Waals surface area contributed by atoms with Crippen LogP contribution in [-0.4, -0.2) is 24.5 Å². The van der Waals surface area contributed by atoms with E-state index in [9.17, 15) is 14.0 Å². The predicted octanol–water partition coefficient (Wildman–Crippen LogP) is 1.50. The molecule has 0 radical (unpaired) electrons. The molecule has 0 aromatic heterocycles. The van der Waals surface area contributed by atoms with Crippen LogP contribution < -0.4 is 0 Å². The number of ketones is 1. The lowest BCUT2D eigenvalue weighted by Gasteiger charge is -2.08. The van der Waals surface area contributed by atoms with E-state index in [0.717, 1.165) is 0 Å². The standard InChI is InChI=1S/C9H15FO3/c1-4-5-13-9(12)7(10)8(11)6(2)3/h6-7H,4-5H2,1-3H3. The number of rotatable bonds is 5. The van der Waals surface area contributed by atoms with Gasteiger partial charge >= 0.3 is 5.97 Å². The molecule has 0 aromatic carbocycles. The van der Waals surface area contributed by atoms with Crippen molar-refractivity contribution in [3.63, 3.8) is 0 Å². The van der Waals surface area contributed by atoms with Gasteiger partial charge in [0, 0.05) is 5.92 Å². The molecule has 0 aliphatic heterocycles. The molecule has 3 nitrogen and oxygen atoms in total. The van der Waals surface area contributed by atoms with Gasteiger partial charge < -0.3 is 4.74 Å². The first-order valence-electron chi connectivity index (χ1n) is 4.35. The molecule has 13 heavy (non-hydrogen) atoms. The van der Waals surface area contributed by atoms with Crippen LogP contribution in [0.5, 0.6) is 0 Å². The Balaban J connectivity index is 4.02. The number of carbonyl (C=O) groups is 2. The van der Waals surface area contributed by atoms with Crippen molar-refractivity contribution in [1.82, 2.24) is 0 Å². The fourth-order valence-corrected chi connectivity index (χ4v) is 0.685. The lowest BCUT2D eigenvalue weighted by Crippen LogP contribution is -2.31. The van der Waals surface area contributed by atoms with E-state index in [1.54, 1.807) is 20.8 Å². The number of esters is 1. The summed E-state index contributed by atoms with van der Waals surface area (Å²) in [6.45, 7) is 5.04. The molecule has 0 rings (SSSR count). The Kier molecular flexibility index (Phi) is 5.26. The maximum atomic E-state index is 12.9. The van der Waals surface area contributed by atoms with Gasteiger partial charge in [-0.3, -0.25) is 4.79 Å². The highest BCUT2D eigenvalue weighted by molar-refractivity contribution is 6.02. The van der Waals surface area contributed by atoms with Crippen LogP contribution in [0.25, 0.3) is 0 Å². The van der Waals surface area contributed by atoms with Crippen molar-refractivity contribution in [3.05, 3.63) is 0 Å². The summed E-state index contributed by atoms with van der Waals surface area (Å²) < 4.78 is 17.4. The van der Waals surface area contributed by atoms with Crippen LogP contribution >= 0.6 is 0 Å². The Bertz CT molecular complexity index is 189. The van der Waals surface area contributed by atoms with E-state index in [2.05, 4.69) is 4.74 Å². The summed E-state index contributed by atoms with van der Waals surface area (Å²) in [7, 11) is 0. The third-order valence-electron chi connectivity index (χ3n) is 1.47. The maximum absolute atomic E-state index is 12.9. The number of halogens is 1. The Morgan fingerprint density at radius 2 is 1.92 bits per heavy atom. The van der Waals surface area contributed by atoms with Gasteiger partial charge in [-0.25, -0.2) is 9.18 Å². The Morgan fingerprint density at radius 1 is 1.38 bits per heavy atom. The molecule has 0 saturated carbocycles. The lowest BCUT2D eigenvalue weighted by atomic mass is 10.1. The first kappa shape index (κ1) is 12.1. The zero-order valence-electron chi connectivity index (χ0n) is 8.17. The van der Waals surface area contributed by atoms with Gasteiger partial charge in [0.1, 0.15) is 0 Å². The zero-order chi connectivity index (χ0) is 10.4. The van der Waals surface area contributed by atoms with E-state index in [0.29, 0.717) is 6.42 Å². The average molecular weight is 190 g/mol. The summed E-state index contributed by atoms with van der Waals surface area (Å²) >= 11 is 0. The van der Waals surface area contributed by atoms with Crippen molar-refractivity contribution < 1.29 is 18.7 Å². The number of carbonyl (C=O) groups excluding carboxylic acids is 2. The third-order valence-corrected chi connectivity index (χ3v) is 1.47. The van der Waals surface area contributed by atoms with Gasteiger partial charge in [0.15, 0.2) is 5.78 Å². The smallest absolute Gasteiger partial charge is 0.348 e. The van der Waals surface area contributed by atoms with Crippen LogP contribution in [0.4, 0.5) is 4.39 Å². The minimum Gasteiger partial charge on any atom is -0.463 e. The highest BCUT2D eigenvalue weighted by atomic mass is 19.1. The minimum absolute atomic E-state index is 0.157. The van der Waals surface area contributed by atoms with Crippen LogP contribution in [0.2, 0.25) is 0 Å². The fourth-order valence-electron chi connectivity index (χ4n) is 0.685. The summed E-state index contributed by atoms with van der Waals surface area (Å²) in [6.07, 6.45) is -1.50. The molecule has 0 bridgehead atoms. The van der Waals surface area contributed by atoms with Gasteiger partial charge in [-0.05, 0) is 6.42 Å². The van der Waals surface area contributed by atoms with Gasteiger partial charge in [-0.2, -0.15) is 0 Å². The highest BCUT2D eigenvalue weighted by Gasteiger charge is 2.29. The van der Waals surface area contributed by atoms with Gasteiger partial charge in [-0.1, -0.05) is 20.8 Å². The first-order valence-corrected chi connectivity index (χ1v) is 4.35. The monoisotopic (exact) mass is 190 g/mol. The average Bonchev–Trinajstić information content (AvgIpc) is 2.11. The third kappa shape index (κ3) is 4.01. The molecule has 0 aliphatic carbocycles. The summed E-state index contributed by atoms with van der Waals surface area (Å²) in [4.78, 5) is 21.8. The molecular formula is C9H15FO3. The second-order valence-corrected chi connectivity index (χ2v) is 3.09. The maximum Gasteiger partial charge on any atom is 0.348 e. The van der Waals surface area contributed by atoms with Crippen LogP contribution in [0.3, 0.4) is 0 Å². The molecule has 0 spiro atoms. The molecule has 76 valence electrons. The van der Waals surface area contributed by atoms with Gasteiger partial charge in [0.2, 0.25) is 0 Å². The quantitative estimate of drug-likeness (QED) is 0.487. The normalized spacial score (nSPS) is 12.7. The minimum atomic E-state index is -2.12. The molecule has 1 unspecified atom stereocenters. The van der Waals surface area contributed by atoms with Crippen molar-refractivity contribution in [2.75, 3.05) is 6.61 Å². The van der Waals surface area contributed by atoms with Crippen LogP contribution in [0.15, 0.2) is 0 Å². The Hall–Kier alpha value is -0.930. The SMILES string of the molecule is CCCOC(=O)C(F)C(=O)C(C)C. The molecule has 0 saturated heterocycles. The molecule has 0 heterocycles. The van der Waals surface area contributed by atoms with Crippen LogP contribution in [0.1, 0.15) is 27.2 Å². The molecule has 1 atom stereocenters. The van der Waals surface area contributed by atoms with Crippen LogP contribution in [0, 0.1) is 5.92 Å². The highest BCUT2D eigenvalue weighted by Crippen LogP contribution is 2.05. The molecule has 0 aliphatic rings. The van der Waals surface area contributed by atoms with Gasteiger partial charge in [0.25, 0.3) is 6.17 Å². The summed E-state index contributed by atoms with van der Waals surface area (Å²) in [5, 5.41) is 0. The van der Waals surface area contributed by atoms with Crippen molar-refractivity contribution >= 4 is 11.8 Å². The largest absolute Gasteiger partial charge is 0.463 e. The van der Waals surface area contributed by atoms with E-state index in [1.165, 1.54) is 0 Å². The van der Waals surface area contributed by atoms with Crippen molar-refractivity contribution in [1.29, 1.82) is 0 Å². The molecule has 0 aromatic rings. The molecule has 0 N–H and O–H groups in total. The van der Waals surface area contributed by atoms with Gasteiger partial charge in [-0.15, -0.1) is 0 Å². The number of hydrogen-bond donors (Lipinski definition) is 0. The molecule has 0 amide bonds. The van der Waals surface area contributed by atoms with Crippen molar-refractivity contribution in [2.45, 2.75) is 33.4 Å².